The number of aliphatic hydroxyl groups is 2. The van der Waals surface area contributed by atoms with E-state index in [1.807, 2.05) is 6.08 Å². The van der Waals surface area contributed by atoms with Crippen LogP contribution in [0.15, 0.2) is 36.5 Å². The zero-order valence-corrected chi connectivity index (χ0v) is 52.7. The highest BCUT2D eigenvalue weighted by Gasteiger charge is 2.18. The molecule has 0 saturated heterocycles. The molecule has 0 aromatic heterocycles. The van der Waals surface area contributed by atoms with Crippen molar-refractivity contribution in [3.05, 3.63) is 36.5 Å². The molecule has 0 aliphatic carbocycles. The zero-order valence-electron chi connectivity index (χ0n) is 52.7. The van der Waals surface area contributed by atoms with Crippen LogP contribution in [0.3, 0.4) is 0 Å². The van der Waals surface area contributed by atoms with Crippen molar-refractivity contribution in [3.8, 4) is 0 Å². The first-order valence-electron chi connectivity index (χ1n) is 35.3. The number of allylic oxidation sites excluding steroid dienone is 5. The first kappa shape index (κ1) is 76.1. The van der Waals surface area contributed by atoms with Crippen molar-refractivity contribution in [1.29, 1.82) is 0 Å². The SMILES string of the molecule is CCCCCC/C=C\CCCCCCCC(=O)OCCCCCCCCCCCCCC/C=C\CCCCCCCCCCC(=O)NC(CO)C(O)/C=C/CCCCCCCCCCCCCCCCCCCCCCCC. The van der Waals surface area contributed by atoms with Crippen molar-refractivity contribution in [2.75, 3.05) is 13.2 Å². The van der Waals surface area contributed by atoms with E-state index in [4.69, 9.17) is 4.74 Å². The lowest BCUT2D eigenvalue weighted by Crippen LogP contribution is -2.45. The fourth-order valence-electron chi connectivity index (χ4n) is 11.0. The smallest absolute Gasteiger partial charge is 0.305 e. The number of amides is 1. The van der Waals surface area contributed by atoms with Gasteiger partial charge in [0.1, 0.15) is 0 Å². The van der Waals surface area contributed by atoms with Crippen molar-refractivity contribution < 1.29 is 24.5 Å². The predicted molar refractivity (Wildman–Crippen MR) is 343 cm³/mol. The molecule has 0 spiro atoms. The first-order valence-corrected chi connectivity index (χ1v) is 35.3. The van der Waals surface area contributed by atoms with Crippen LogP contribution in [-0.4, -0.2) is 47.4 Å². The van der Waals surface area contributed by atoms with Gasteiger partial charge in [-0.3, -0.25) is 9.59 Å². The van der Waals surface area contributed by atoms with Crippen molar-refractivity contribution in [1.82, 2.24) is 5.32 Å². The molecule has 6 heteroatoms. The number of aliphatic hydroxyl groups excluding tert-OH is 2. The van der Waals surface area contributed by atoms with Crippen molar-refractivity contribution in [2.24, 2.45) is 0 Å². The quantitative estimate of drug-likeness (QED) is 0.0320. The summed E-state index contributed by atoms with van der Waals surface area (Å²) in [6.07, 6.45) is 86.5. The minimum absolute atomic E-state index is 0.00323. The Morgan fingerprint density at radius 1 is 0.346 bits per heavy atom. The molecule has 0 aliphatic heterocycles. The number of nitrogens with one attached hydrogen (secondary N) is 1. The average molecular weight is 1100 g/mol. The van der Waals surface area contributed by atoms with E-state index in [2.05, 4.69) is 43.5 Å². The standard InChI is InChI=1S/C72H137NO5/c1-3-5-7-9-11-13-15-17-18-19-20-21-22-25-28-31-34-37-41-44-48-52-56-60-64-70(75)69(68-74)73-71(76)65-61-57-53-49-45-42-38-35-32-29-26-23-24-27-30-33-36-39-43-47-51-55-59-63-67-78-72(77)66-62-58-54-50-46-40-16-14-12-10-8-6-4-2/h14,16,26,29,60,64,69-70,74-75H,3-13,15,17-25,27-28,30-59,61-63,65-68H2,1-2H3,(H,73,76)/b16-14-,29-26-,64-60+. The number of ether oxygens (including phenoxy) is 1. The van der Waals surface area contributed by atoms with Crippen LogP contribution in [0.4, 0.5) is 0 Å². The van der Waals surface area contributed by atoms with Gasteiger partial charge in [0.15, 0.2) is 0 Å². The summed E-state index contributed by atoms with van der Waals surface area (Å²) in [6.45, 7) is 4.92. The molecule has 2 unspecified atom stereocenters. The normalized spacial score (nSPS) is 12.7. The van der Waals surface area contributed by atoms with Gasteiger partial charge in [0, 0.05) is 12.8 Å². The van der Waals surface area contributed by atoms with Crippen molar-refractivity contribution >= 4 is 11.9 Å². The molecular weight excluding hydrogens is 959 g/mol. The largest absolute Gasteiger partial charge is 0.466 e. The molecule has 3 N–H and O–H groups in total. The van der Waals surface area contributed by atoms with Crippen LogP contribution in [0.1, 0.15) is 386 Å². The molecule has 0 saturated carbocycles. The Morgan fingerprint density at radius 2 is 0.603 bits per heavy atom. The highest BCUT2D eigenvalue weighted by Crippen LogP contribution is 2.18. The second-order valence-corrected chi connectivity index (χ2v) is 24.2. The van der Waals surface area contributed by atoms with Crippen molar-refractivity contribution in [3.63, 3.8) is 0 Å². The third kappa shape index (κ3) is 63.3. The van der Waals surface area contributed by atoms with Gasteiger partial charge in [0.2, 0.25) is 5.91 Å². The summed E-state index contributed by atoms with van der Waals surface area (Å²) >= 11 is 0. The molecule has 0 fully saturated rings. The Kier molecular flexibility index (Phi) is 65.9. The maximum Gasteiger partial charge on any atom is 0.305 e. The highest BCUT2D eigenvalue weighted by molar-refractivity contribution is 5.76. The Morgan fingerprint density at radius 3 is 0.923 bits per heavy atom. The summed E-state index contributed by atoms with van der Waals surface area (Å²) in [5, 5.41) is 23.3. The highest BCUT2D eigenvalue weighted by atomic mass is 16.5. The molecule has 0 aromatic carbocycles. The van der Waals surface area contributed by atoms with E-state index < -0.39 is 12.1 Å². The second kappa shape index (κ2) is 67.6. The number of hydrogen-bond acceptors (Lipinski definition) is 5. The predicted octanol–water partition coefficient (Wildman–Crippen LogP) is 22.7. The van der Waals surface area contributed by atoms with Crippen molar-refractivity contribution in [2.45, 2.75) is 398 Å². The molecule has 0 rings (SSSR count). The van der Waals surface area contributed by atoms with Crippen LogP contribution in [0.2, 0.25) is 0 Å². The summed E-state index contributed by atoms with van der Waals surface area (Å²) in [5.74, 6) is -0.0655. The Hall–Kier alpha value is -1.92. The van der Waals surface area contributed by atoms with Crippen LogP contribution < -0.4 is 5.32 Å². The third-order valence-corrected chi connectivity index (χ3v) is 16.4. The molecule has 0 aromatic rings. The molecule has 0 aliphatic rings. The number of carbonyl (C=O) groups is 2. The van der Waals surface area contributed by atoms with E-state index in [1.54, 1.807) is 6.08 Å². The topological polar surface area (TPSA) is 95.9 Å². The van der Waals surface area contributed by atoms with Gasteiger partial charge in [-0.1, -0.05) is 326 Å². The lowest BCUT2D eigenvalue weighted by atomic mass is 10.0. The van der Waals surface area contributed by atoms with E-state index in [1.165, 1.54) is 315 Å². The lowest BCUT2D eigenvalue weighted by Gasteiger charge is -2.20. The maximum absolute atomic E-state index is 12.5. The molecule has 0 radical (unpaired) electrons. The monoisotopic (exact) mass is 1100 g/mol. The summed E-state index contributed by atoms with van der Waals surface area (Å²) in [5.41, 5.74) is 0. The first-order chi connectivity index (χ1) is 38.5. The molecule has 2 atom stereocenters. The molecule has 0 heterocycles. The Labute approximate surface area is 487 Å². The van der Waals surface area contributed by atoms with Crippen LogP contribution in [0.25, 0.3) is 0 Å². The Balaban J connectivity index is 3.44. The molecule has 1 amide bonds. The van der Waals surface area contributed by atoms with Crippen LogP contribution in [-0.2, 0) is 14.3 Å². The summed E-state index contributed by atoms with van der Waals surface area (Å²) in [7, 11) is 0. The number of rotatable bonds is 66. The lowest BCUT2D eigenvalue weighted by molar-refractivity contribution is -0.143. The average Bonchev–Trinajstić information content (AvgIpc) is 3.44. The molecular formula is C72H137NO5. The van der Waals surface area contributed by atoms with Gasteiger partial charge in [-0.15, -0.1) is 0 Å². The Bertz CT molecular complexity index is 1260. The zero-order chi connectivity index (χ0) is 56.4. The van der Waals surface area contributed by atoms with Gasteiger partial charge in [-0.2, -0.15) is 0 Å². The van der Waals surface area contributed by atoms with Gasteiger partial charge in [0.05, 0.1) is 25.4 Å². The number of unbranched alkanes of at least 4 members (excludes halogenated alkanes) is 51. The minimum Gasteiger partial charge on any atom is -0.466 e. The van der Waals surface area contributed by atoms with Gasteiger partial charge in [-0.25, -0.2) is 0 Å². The second-order valence-electron chi connectivity index (χ2n) is 24.2. The fraction of sp³-hybridized carbons (Fsp3) is 0.889. The van der Waals surface area contributed by atoms with Crippen LogP contribution in [0.5, 0.6) is 0 Å². The minimum atomic E-state index is -0.849. The maximum atomic E-state index is 12.5. The van der Waals surface area contributed by atoms with E-state index in [0.29, 0.717) is 19.4 Å². The fourth-order valence-corrected chi connectivity index (χ4v) is 11.0. The van der Waals surface area contributed by atoms with Gasteiger partial charge >= 0.3 is 5.97 Å². The van der Waals surface area contributed by atoms with E-state index in [9.17, 15) is 19.8 Å². The van der Waals surface area contributed by atoms with Gasteiger partial charge < -0.3 is 20.3 Å². The number of esters is 1. The van der Waals surface area contributed by atoms with Crippen LogP contribution in [0, 0.1) is 0 Å². The summed E-state index contributed by atoms with van der Waals surface area (Å²) < 4.78 is 5.48. The molecule has 460 valence electrons. The van der Waals surface area contributed by atoms with E-state index >= 15 is 0 Å². The van der Waals surface area contributed by atoms with E-state index in [-0.39, 0.29) is 18.5 Å². The van der Waals surface area contributed by atoms with Crippen LogP contribution >= 0.6 is 0 Å². The van der Waals surface area contributed by atoms with Gasteiger partial charge in [0.25, 0.3) is 0 Å². The van der Waals surface area contributed by atoms with Gasteiger partial charge in [-0.05, 0) is 83.5 Å². The molecule has 78 heavy (non-hydrogen) atoms. The van der Waals surface area contributed by atoms with E-state index in [0.717, 1.165) is 44.9 Å². The number of hydrogen-bond donors (Lipinski definition) is 3. The molecule has 6 nitrogen and oxygen atoms in total. The summed E-state index contributed by atoms with van der Waals surface area (Å²) in [4.78, 5) is 24.6. The third-order valence-electron chi connectivity index (χ3n) is 16.4. The summed E-state index contributed by atoms with van der Waals surface area (Å²) in [6, 6.07) is -0.633. The molecule has 0 bridgehead atoms. The number of carbonyl (C=O) groups excluding carboxylic acids is 2.